The summed E-state index contributed by atoms with van der Waals surface area (Å²) in [6.07, 6.45) is 1.20. The maximum absolute atomic E-state index is 12.4. The van der Waals surface area contributed by atoms with Crippen LogP contribution in [0.4, 0.5) is 0 Å². The molecular formula is C19H20N2O2S. The fourth-order valence-electron chi connectivity index (χ4n) is 3.56. The van der Waals surface area contributed by atoms with E-state index in [1.54, 1.807) is 23.9 Å². The lowest BCUT2D eigenvalue weighted by Gasteiger charge is -2.23. The maximum atomic E-state index is 12.4. The van der Waals surface area contributed by atoms with Gasteiger partial charge in [0.15, 0.2) is 0 Å². The van der Waals surface area contributed by atoms with E-state index in [1.165, 1.54) is 13.0 Å². The average molecular weight is 340 g/mol. The average Bonchev–Trinajstić information content (AvgIpc) is 3.18. The molecule has 0 aliphatic carbocycles. The standard InChI is InChI=1S/C19H20N2O2S/c22-15-2-1-3-17(10-15)24-16-6-4-13(5-7-16)19(23)20-18-12-21-9-8-14(18)11-21/h1-7,10,14,18,22H,8-9,11-12H2,(H,20,23)/t14-,18?/m0/s1. The van der Waals surface area contributed by atoms with Gasteiger partial charge in [0.05, 0.1) is 0 Å². The molecule has 2 aliphatic heterocycles. The minimum absolute atomic E-state index is 0.0163. The van der Waals surface area contributed by atoms with Gasteiger partial charge in [-0.1, -0.05) is 17.8 Å². The van der Waals surface area contributed by atoms with Gasteiger partial charge < -0.3 is 15.3 Å². The van der Waals surface area contributed by atoms with Crippen LogP contribution in [0.25, 0.3) is 0 Å². The second-order valence-electron chi connectivity index (χ2n) is 6.51. The molecule has 124 valence electrons. The number of piperidine rings is 1. The molecular weight excluding hydrogens is 320 g/mol. The summed E-state index contributed by atoms with van der Waals surface area (Å²) in [5, 5.41) is 12.7. The van der Waals surface area contributed by atoms with Crippen LogP contribution in [-0.2, 0) is 0 Å². The Morgan fingerprint density at radius 1 is 1.12 bits per heavy atom. The molecule has 2 bridgehead atoms. The van der Waals surface area contributed by atoms with Crippen molar-refractivity contribution in [3.63, 3.8) is 0 Å². The van der Waals surface area contributed by atoms with Crippen LogP contribution in [0.1, 0.15) is 16.8 Å². The highest BCUT2D eigenvalue weighted by Gasteiger charge is 2.38. The summed E-state index contributed by atoms with van der Waals surface area (Å²) < 4.78 is 0. The summed E-state index contributed by atoms with van der Waals surface area (Å²) in [6, 6.07) is 15.1. The zero-order valence-corrected chi connectivity index (χ0v) is 14.1. The molecule has 24 heavy (non-hydrogen) atoms. The summed E-state index contributed by atoms with van der Waals surface area (Å²) in [7, 11) is 0. The summed E-state index contributed by atoms with van der Waals surface area (Å²) in [5.74, 6) is 0.898. The van der Waals surface area contributed by atoms with Gasteiger partial charge >= 0.3 is 0 Å². The van der Waals surface area contributed by atoms with Crippen LogP contribution in [0.2, 0.25) is 0 Å². The predicted molar refractivity (Wildman–Crippen MR) is 94.5 cm³/mol. The van der Waals surface area contributed by atoms with Crippen molar-refractivity contribution in [2.75, 3.05) is 19.6 Å². The second-order valence-corrected chi connectivity index (χ2v) is 7.66. The molecule has 2 N–H and O–H groups in total. The molecule has 4 rings (SSSR count). The van der Waals surface area contributed by atoms with Crippen molar-refractivity contribution in [2.24, 2.45) is 5.92 Å². The third-order valence-electron chi connectivity index (χ3n) is 4.82. The highest BCUT2D eigenvalue weighted by atomic mass is 32.2. The number of phenols is 1. The van der Waals surface area contributed by atoms with Crippen molar-refractivity contribution >= 4 is 17.7 Å². The van der Waals surface area contributed by atoms with Crippen molar-refractivity contribution in [1.82, 2.24) is 10.2 Å². The largest absolute Gasteiger partial charge is 0.508 e. The molecule has 2 aromatic carbocycles. The lowest BCUT2D eigenvalue weighted by atomic mass is 9.99. The summed E-state index contributed by atoms with van der Waals surface area (Å²) in [6.45, 7) is 3.30. The number of carbonyl (C=O) groups is 1. The topological polar surface area (TPSA) is 52.6 Å². The van der Waals surface area contributed by atoms with Gasteiger partial charge in [0.25, 0.3) is 5.91 Å². The molecule has 1 amide bonds. The van der Waals surface area contributed by atoms with Crippen molar-refractivity contribution in [2.45, 2.75) is 22.3 Å². The Bertz CT molecular complexity index is 747. The zero-order chi connectivity index (χ0) is 16.5. The molecule has 4 nitrogen and oxygen atoms in total. The van der Waals surface area contributed by atoms with E-state index in [9.17, 15) is 9.90 Å². The third kappa shape index (κ3) is 3.28. The smallest absolute Gasteiger partial charge is 0.251 e. The van der Waals surface area contributed by atoms with Gasteiger partial charge in [-0.2, -0.15) is 0 Å². The Hall–Kier alpha value is -1.98. The number of hydrogen-bond acceptors (Lipinski definition) is 4. The number of nitrogens with zero attached hydrogens (tertiary/aromatic N) is 1. The summed E-state index contributed by atoms with van der Waals surface area (Å²) in [4.78, 5) is 16.9. The van der Waals surface area contributed by atoms with Crippen LogP contribution in [-0.4, -0.2) is 41.6 Å². The van der Waals surface area contributed by atoms with Gasteiger partial charge in [-0.15, -0.1) is 0 Å². The van der Waals surface area contributed by atoms with E-state index in [0.717, 1.165) is 22.9 Å². The van der Waals surface area contributed by atoms with Crippen molar-refractivity contribution in [1.29, 1.82) is 0 Å². The van der Waals surface area contributed by atoms with Gasteiger partial charge in [-0.25, -0.2) is 0 Å². The lowest BCUT2D eigenvalue weighted by Crippen LogP contribution is -2.43. The van der Waals surface area contributed by atoms with Crippen LogP contribution in [0, 0.1) is 5.92 Å². The monoisotopic (exact) mass is 340 g/mol. The quantitative estimate of drug-likeness (QED) is 0.898. The number of fused-ring (bicyclic) bond motifs is 2. The molecule has 0 radical (unpaired) electrons. The molecule has 3 atom stereocenters. The first-order valence-corrected chi connectivity index (χ1v) is 9.09. The minimum atomic E-state index is 0.0163. The zero-order valence-electron chi connectivity index (χ0n) is 13.3. The number of nitrogens with one attached hydrogen (secondary N) is 1. The van der Waals surface area contributed by atoms with Gasteiger partial charge in [0.1, 0.15) is 5.75 Å². The predicted octanol–water partition coefficient (Wildman–Crippen LogP) is 2.98. The van der Waals surface area contributed by atoms with Gasteiger partial charge in [-0.3, -0.25) is 4.79 Å². The normalized spacial score (nSPS) is 24.9. The molecule has 2 fully saturated rings. The van der Waals surface area contributed by atoms with E-state index in [2.05, 4.69) is 10.2 Å². The van der Waals surface area contributed by atoms with Gasteiger partial charge in [-0.05, 0) is 61.3 Å². The third-order valence-corrected chi connectivity index (χ3v) is 5.82. The molecule has 2 heterocycles. The van der Waals surface area contributed by atoms with Crippen LogP contribution in [0.3, 0.4) is 0 Å². The Morgan fingerprint density at radius 2 is 1.96 bits per heavy atom. The molecule has 0 saturated carbocycles. The molecule has 0 spiro atoms. The molecule has 2 aliphatic rings. The summed E-state index contributed by atoms with van der Waals surface area (Å²) >= 11 is 1.57. The van der Waals surface area contributed by atoms with E-state index < -0.39 is 0 Å². The Morgan fingerprint density at radius 3 is 2.62 bits per heavy atom. The maximum Gasteiger partial charge on any atom is 0.251 e. The van der Waals surface area contributed by atoms with Crippen molar-refractivity contribution in [3.8, 4) is 5.75 Å². The van der Waals surface area contributed by atoms with Gasteiger partial charge in [0.2, 0.25) is 0 Å². The number of amides is 1. The first-order chi connectivity index (χ1) is 11.7. The van der Waals surface area contributed by atoms with E-state index in [1.807, 2.05) is 36.4 Å². The number of aromatic hydroxyl groups is 1. The van der Waals surface area contributed by atoms with Gasteiger partial charge in [0, 0.05) is 34.5 Å². The van der Waals surface area contributed by atoms with E-state index in [4.69, 9.17) is 0 Å². The fraction of sp³-hybridized carbons (Fsp3) is 0.316. The molecule has 2 saturated heterocycles. The van der Waals surface area contributed by atoms with E-state index >= 15 is 0 Å². The number of hydrogen-bond donors (Lipinski definition) is 2. The van der Waals surface area contributed by atoms with E-state index in [-0.39, 0.29) is 11.7 Å². The lowest BCUT2D eigenvalue weighted by molar-refractivity contribution is 0.0924. The fourth-order valence-corrected chi connectivity index (χ4v) is 4.43. The van der Waals surface area contributed by atoms with E-state index in [0.29, 0.717) is 17.5 Å². The Kier molecular flexibility index (Phi) is 4.21. The summed E-state index contributed by atoms with van der Waals surface area (Å²) in [5.41, 5.74) is 0.702. The molecule has 0 aromatic heterocycles. The van der Waals surface area contributed by atoms with Crippen LogP contribution in [0.5, 0.6) is 5.75 Å². The number of rotatable bonds is 4. The first kappa shape index (κ1) is 15.5. The Labute approximate surface area is 145 Å². The molecule has 5 heteroatoms. The Balaban J connectivity index is 1.39. The van der Waals surface area contributed by atoms with Crippen molar-refractivity contribution in [3.05, 3.63) is 54.1 Å². The number of carbonyl (C=O) groups excluding carboxylic acids is 1. The highest BCUT2D eigenvalue weighted by Crippen LogP contribution is 2.30. The second kappa shape index (κ2) is 6.49. The number of benzene rings is 2. The SMILES string of the molecule is O=C(NC1CN2CC[C@H]1C2)c1ccc(Sc2cccc(O)c2)cc1. The highest BCUT2D eigenvalue weighted by molar-refractivity contribution is 7.99. The number of phenolic OH excluding ortho intramolecular Hbond substituents is 1. The van der Waals surface area contributed by atoms with Crippen molar-refractivity contribution < 1.29 is 9.90 Å². The molecule has 2 aromatic rings. The van der Waals surface area contributed by atoms with Crippen LogP contribution < -0.4 is 5.32 Å². The first-order valence-electron chi connectivity index (χ1n) is 8.27. The van der Waals surface area contributed by atoms with Crippen LogP contribution in [0.15, 0.2) is 58.3 Å². The molecule has 2 unspecified atom stereocenters. The van der Waals surface area contributed by atoms with Crippen LogP contribution >= 0.6 is 11.8 Å². The minimum Gasteiger partial charge on any atom is -0.508 e.